The predicted molar refractivity (Wildman–Crippen MR) is 199 cm³/mol. The molecule has 2 N–H and O–H groups in total. The molecule has 3 aliphatic rings. The molecule has 286 valence electrons. The Morgan fingerprint density at radius 3 is 2.43 bits per heavy atom. The van der Waals surface area contributed by atoms with E-state index in [9.17, 15) is 24.3 Å². The molecule has 3 saturated heterocycles. The van der Waals surface area contributed by atoms with Gasteiger partial charge in [-0.15, -0.1) is 13.2 Å². The molecule has 2 aromatic rings. The predicted octanol–water partition coefficient (Wildman–Crippen LogP) is 4.38. The van der Waals surface area contributed by atoms with Crippen LogP contribution in [0.5, 0.6) is 5.75 Å². The molecule has 3 heterocycles. The summed E-state index contributed by atoms with van der Waals surface area (Å²) in [7, 11) is 3.06. The van der Waals surface area contributed by atoms with E-state index in [1.807, 2.05) is 32.0 Å². The van der Waals surface area contributed by atoms with E-state index in [2.05, 4.69) is 18.5 Å². The first-order valence-corrected chi connectivity index (χ1v) is 18.4. The molecule has 0 aliphatic carbocycles. The average Bonchev–Trinajstić information content (AvgIpc) is 3.82. The summed E-state index contributed by atoms with van der Waals surface area (Å²) >= 11 is 0. The number of hydrogen-bond acceptors (Lipinski definition) is 9. The minimum atomic E-state index is -1.34. The highest BCUT2D eigenvalue weighted by Crippen LogP contribution is 2.59. The van der Waals surface area contributed by atoms with Crippen molar-refractivity contribution in [2.75, 3.05) is 38.9 Å². The molecular weight excluding hydrogens is 678 g/mol. The number of anilines is 1. The summed E-state index contributed by atoms with van der Waals surface area (Å²) in [6.45, 7) is 11.3. The highest BCUT2D eigenvalue weighted by molar-refractivity contribution is 6.05. The molecule has 9 atom stereocenters. The molecule has 53 heavy (non-hydrogen) atoms. The Morgan fingerprint density at radius 2 is 1.83 bits per heavy atom. The number of aliphatic hydroxyl groups is 1. The van der Waals surface area contributed by atoms with Crippen molar-refractivity contribution in [3.63, 3.8) is 0 Å². The third-order valence-corrected chi connectivity index (χ3v) is 11.1. The second kappa shape index (κ2) is 17.5. The zero-order valence-electron chi connectivity index (χ0n) is 31.1. The van der Waals surface area contributed by atoms with Crippen LogP contribution in [-0.2, 0) is 33.4 Å². The van der Waals surface area contributed by atoms with Gasteiger partial charge in [0.15, 0.2) is 0 Å². The van der Waals surface area contributed by atoms with Crippen molar-refractivity contribution >= 4 is 29.4 Å². The first-order chi connectivity index (χ1) is 25.6. The number of likely N-dealkylation sites (tertiary alicyclic amines) is 1. The van der Waals surface area contributed by atoms with Crippen LogP contribution < -0.4 is 15.0 Å². The smallest absolute Gasteiger partial charge is 0.313 e. The largest absolute Gasteiger partial charge is 0.497 e. The minimum Gasteiger partial charge on any atom is -0.497 e. The van der Waals surface area contributed by atoms with Crippen LogP contribution in [-0.4, -0.2) is 97.5 Å². The molecule has 2 aromatic carbocycles. The van der Waals surface area contributed by atoms with Gasteiger partial charge in [0.25, 0.3) is 5.91 Å². The fourth-order valence-corrected chi connectivity index (χ4v) is 8.30. The zero-order chi connectivity index (χ0) is 38.3. The molecule has 0 aromatic heterocycles. The Bertz CT molecular complexity index is 1620. The minimum absolute atomic E-state index is 0.0471. The quantitative estimate of drug-likeness (QED) is 0.159. The molecule has 2 bridgehead atoms. The molecule has 12 heteroatoms. The van der Waals surface area contributed by atoms with Crippen LogP contribution in [0.2, 0.25) is 0 Å². The normalized spacial score (nSPS) is 25.2. The van der Waals surface area contributed by atoms with E-state index in [4.69, 9.17) is 18.9 Å². The standard InChI is InChI=1S/C41H53N3O9/c1-7-10-16-33(46)42-30(25-50-5)36(27-14-12-11-13-15-27)52-40(49)34-32-21-22-41(53-32)35(34)38(47)44(31(24-45)26(4)9-3)37(41)39(48)43(23-8-2)28-17-19-29(51-6)20-18-28/h7-8,11-15,17-20,26,30-32,34-37,45H,1-2,9-10,16,21-25H2,3-6H3,(H,42,46)/t26-,30-,31-,32+,34-,35-,36-,37+,41-/m0/s1. The summed E-state index contributed by atoms with van der Waals surface area (Å²) in [4.78, 5) is 60.4. The number of ether oxygens (including phenoxy) is 4. The number of fused-ring (bicyclic) bond motifs is 1. The zero-order valence-corrected chi connectivity index (χ0v) is 31.1. The number of carbonyl (C=O) groups excluding carboxylic acids is 4. The van der Waals surface area contributed by atoms with E-state index in [1.54, 1.807) is 60.6 Å². The van der Waals surface area contributed by atoms with Gasteiger partial charge in [0.05, 0.1) is 50.3 Å². The van der Waals surface area contributed by atoms with Gasteiger partial charge in [-0.05, 0) is 55.0 Å². The van der Waals surface area contributed by atoms with Crippen molar-refractivity contribution < 1.29 is 43.2 Å². The Labute approximate surface area is 312 Å². The van der Waals surface area contributed by atoms with E-state index in [-0.39, 0.29) is 38.0 Å². The number of esters is 1. The van der Waals surface area contributed by atoms with Crippen LogP contribution in [0.1, 0.15) is 57.6 Å². The fraction of sp³-hybridized carbons (Fsp3) is 0.512. The number of methoxy groups -OCH3 is 2. The number of nitrogens with one attached hydrogen (secondary N) is 1. The SMILES string of the molecule is C=CCCC(=O)N[C@@H](COC)[C@@H](OC(=O)[C@@H]1[C@H]2C(=O)N([C@@H](CO)[C@@H](C)CC)[C@H](C(=O)N(CC=C)c3ccc(OC)cc3)[C@]23CC[C@H]1O3)c1ccccc1. The van der Waals surface area contributed by atoms with E-state index in [0.29, 0.717) is 42.7 Å². The molecule has 0 saturated carbocycles. The number of amides is 3. The Kier molecular flexibility index (Phi) is 13.1. The lowest BCUT2D eigenvalue weighted by Gasteiger charge is -2.40. The Balaban J connectivity index is 1.54. The lowest BCUT2D eigenvalue weighted by atomic mass is 9.70. The van der Waals surface area contributed by atoms with Crippen LogP contribution in [0, 0.1) is 17.8 Å². The molecule has 0 unspecified atom stereocenters. The van der Waals surface area contributed by atoms with Crippen molar-refractivity contribution in [3.05, 3.63) is 85.5 Å². The molecule has 12 nitrogen and oxygen atoms in total. The summed E-state index contributed by atoms with van der Waals surface area (Å²) < 4.78 is 23.9. The van der Waals surface area contributed by atoms with Gasteiger partial charge in [-0.2, -0.15) is 0 Å². The van der Waals surface area contributed by atoms with Crippen molar-refractivity contribution in [1.29, 1.82) is 0 Å². The number of allylic oxidation sites excluding steroid dienone is 1. The van der Waals surface area contributed by atoms with Gasteiger partial charge in [0.2, 0.25) is 11.8 Å². The number of benzene rings is 2. The maximum absolute atomic E-state index is 15.0. The summed E-state index contributed by atoms with van der Waals surface area (Å²) in [6, 6.07) is 13.5. The van der Waals surface area contributed by atoms with E-state index in [1.165, 1.54) is 12.0 Å². The van der Waals surface area contributed by atoms with Gasteiger partial charge in [0.1, 0.15) is 23.5 Å². The number of carbonyl (C=O) groups is 4. The van der Waals surface area contributed by atoms with E-state index >= 15 is 0 Å². The van der Waals surface area contributed by atoms with Crippen LogP contribution in [0.3, 0.4) is 0 Å². The first kappa shape index (κ1) is 39.7. The van der Waals surface area contributed by atoms with Gasteiger partial charge >= 0.3 is 5.97 Å². The average molecular weight is 732 g/mol. The third-order valence-electron chi connectivity index (χ3n) is 11.1. The van der Waals surface area contributed by atoms with Crippen LogP contribution in [0.15, 0.2) is 79.9 Å². The first-order valence-electron chi connectivity index (χ1n) is 18.4. The van der Waals surface area contributed by atoms with Gasteiger partial charge in [-0.25, -0.2) is 0 Å². The highest BCUT2D eigenvalue weighted by Gasteiger charge is 2.76. The summed E-state index contributed by atoms with van der Waals surface area (Å²) in [6.07, 6.45) is 3.72. The molecule has 3 amide bonds. The second-order valence-electron chi connectivity index (χ2n) is 14.1. The molecule has 5 rings (SSSR count). The molecule has 3 fully saturated rings. The highest BCUT2D eigenvalue weighted by atomic mass is 16.6. The lowest BCUT2D eigenvalue weighted by molar-refractivity contribution is -0.163. The number of hydrogen-bond donors (Lipinski definition) is 2. The van der Waals surface area contributed by atoms with E-state index < -0.39 is 65.6 Å². The van der Waals surface area contributed by atoms with Crippen molar-refractivity contribution in [2.45, 2.75) is 81.9 Å². The second-order valence-corrected chi connectivity index (χ2v) is 14.1. The van der Waals surface area contributed by atoms with Gasteiger partial charge < -0.3 is 39.2 Å². The van der Waals surface area contributed by atoms with Crippen LogP contribution >= 0.6 is 0 Å². The maximum Gasteiger partial charge on any atom is 0.313 e. The summed E-state index contributed by atoms with van der Waals surface area (Å²) in [5.41, 5.74) is -0.141. The molecule has 1 spiro atoms. The van der Waals surface area contributed by atoms with Crippen molar-refractivity contribution in [1.82, 2.24) is 10.2 Å². The van der Waals surface area contributed by atoms with E-state index in [0.717, 1.165) is 0 Å². The van der Waals surface area contributed by atoms with Crippen molar-refractivity contribution in [3.8, 4) is 5.75 Å². The van der Waals surface area contributed by atoms with Crippen LogP contribution in [0.4, 0.5) is 5.69 Å². The number of rotatable bonds is 19. The molecule has 3 aliphatic heterocycles. The monoisotopic (exact) mass is 731 g/mol. The summed E-state index contributed by atoms with van der Waals surface area (Å²) in [5, 5.41) is 13.7. The number of aliphatic hydroxyl groups excluding tert-OH is 1. The van der Waals surface area contributed by atoms with Gasteiger partial charge in [0, 0.05) is 25.8 Å². The lowest BCUT2D eigenvalue weighted by Crippen LogP contribution is -2.60. The molecular formula is C41H53N3O9. The Morgan fingerprint density at radius 1 is 1.11 bits per heavy atom. The third kappa shape index (κ3) is 7.76. The van der Waals surface area contributed by atoms with Gasteiger partial charge in [-0.3, -0.25) is 19.2 Å². The topological polar surface area (TPSA) is 144 Å². The fourth-order valence-electron chi connectivity index (χ4n) is 8.30. The summed E-state index contributed by atoms with van der Waals surface area (Å²) in [5.74, 6) is -3.38. The maximum atomic E-state index is 15.0. The van der Waals surface area contributed by atoms with Crippen LogP contribution in [0.25, 0.3) is 0 Å². The molecule has 0 radical (unpaired) electrons. The van der Waals surface area contributed by atoms with Gasteiger partial charge in [-0.1, -0.05) is 62.8 Å². The Hall–Kier alpha value is -4.52. The van der Waals surface area contributed by atoms with Crippen molar-refractivity contribution in [2.24, 2.45) is 17.8 Å². The number of nitrogens with zero attached hydrogens (tertiary/aromatic N) is 2.